The van der Waals surface area contributed by atoms with Gasteiger partial charge >= 0.3 is 0 Å². The van der Waals surface area contributed by atoms with Gasteiger partial charge in [0.25, 0.3) is 0 Å². The van der Waals surface area contributed by atoms with Crippen molar-refractivity contribution in [3.63, 3.8) is 0 Å². The van der Waals surface area contributed by atoms with Crippen LogP contribution in [0, 0.1) is 0 Å². The lowest BCUT2D eigenvalue weighted by Gasteiger charge is -2.20. The van der Waals surface area contributed by atoms with Gasteiger partial charge in [-0.1, -0.05) is 78.9 Å². The van der Waals surface area contributed by atoms with Crippen molar-refractivity contribution in [1.29, 1.82) is 0 Å². The van der Waals surface area contributed by atoms with E-state index in [2.05, 4.69) is 90.2 Å². The second kappa shape index (κ2) is 6.76. The molecule has 0 aliphatic carbocycles. The van der Waals surface area contributed by atoms with E-state index in [1.165, 1.54) is 11.1 Å². The first-order chi connectivity index (χ1) is 10.4. The van der Waals surface area contributed by atoms with Gasteiger partial charge in [-0.15, -0.1) is 0 Å². The first-order valence-corrected chi connectivity index (χ1v) is 7.32. The first-order valence-electron chi connectivity index (χ1n) is 7.32. The van der Waals surface area contributed by atoms with Crippen LogP contribution < -0.4 is 5.32 Å². The van der Waals surface area contributed by atoms with Gasteiger partial charge < -0.3 is 5.32 Å². The number of para-hydroxylation sites is 1. The molecule has 1 unspecified atom stereocenters. The second-order valence-electron chi connectivity index (χ2n) is 5.16. The molecule has 0 spiro atoms. The van der Waals surface area contributed by atoms with Crippen LogP contribution in [0.25, 0.3) is 0 Å². The molecule has 0 saturated heterocycles. The highest BCUT2D eigenvalue weighted by atomic mass is 14.9. The molecular formula is C20H19N. The summed E-state index contributed by atoms with van der Waals surface area (Å²) in [7, 11) is 0. The Kier molecular flexibility index (Phi) is 4.33. The van der Waals surface area contributed by atoms with Crippen molar-refractivity contribution in [2.24, 2.45) is 0 Å². The number of anilines is 1. The Balaban J connectivity index is 1.84. The Morgan fingerprint density at radius 1 is 0.619 bits per heavy atom. The molecular weight excluding hydrogens is 254 g/mol. The van der Waals surface area contributed by atoms with Gasteiger partial charge in [0.2, 0.25) is 0 Å². The van der Waals surface area contributed by atoms with E-state index in [-0.39, 0.29) is 6.04 Å². The van der Waals surface area contributed by atoms with E-state index in [1.54, 1.807) is 0 Å². The molecule has 0 radical (unpaired) electrons. The molecule has 3 aromatic carbocycles. The fraction of sp³-hybridized carbons (Fsp3) is 0.100. The first kappa shape index (κ1) is 13.4. The zero-order chi connectivity index (χ0) is 14.3. The van der Waals surface area contributed by atoms with Crippen LogP contribution in [0.3, 0.4) is 0 Å². The maximum Gasteiger partial charge on any atom is 0.0554 e. The molecule has 0 bridgehead atoms. The molecule has 104 valence electrons. The van der Waals surface area contributed by atoms with Crippen LogP contribution in [0.5, 0.6) is 0 Å². The van der Waals surface area contributed by atoms with E-state index >= 15 is 0 Å². The van der Waals surface area contributed by atoms with E-state index in [0.29, 0.717) is 0 Å². The Morgan fingerprint density at radius 3 is 1.76 bits per heavy atom. The number of hydrogen-bond donors (Lipinski definition) is 1. The van der Waals surface area contributed by atoms with Crippen molar-refractivity contribution < 1.29 is 0 Å². The molecule has 0 heterocycles. The van der Waals surface area contributed by atoms with Crippen LogP contribution in [-0.2, 0) is 6.42 Å². The minimum absolute atomic E-state index is 0.274. The third-order valence-corrected chi connectivity index (χ3v) is 3.60. The summed E-state index contributed by atoms with van der Waals surface area (Å²) in [6.07, 6.45) is 0.972. The fourth-order valence-corrected chi connectivity index (χ4v) is 2.52. The molecule has 1 atom stereocenters. The summed E-state index contributed by atoms with van der Waals surface area (Å²) in [6, 6.07) is 31.9. The van der Waals surface area contributed by atoms with Crippen molar-refractivity contribution in [3.05, 3.63) is 102 Å². The molecule has 0 fully saturated rings. The average molecular weight is 273 g/mol. The predicted molar refractivity (Wildman–Crippen MR) is 89.4 cm³/mol. The number of benzene rings is 3. The maximum absolute atomic E-state index is 3.64. The maximum atomic E-state index is 3.64. The lowest BCUT2D eigenvalue weighted by molar-refractivity contribution is 0.775. The number of nitrogens with one attached hydrogen (secondary N) is 1. The van der Waals surface area contributed by atoms with E-state index in [1.807, 2.05) is 6.07 Å². The van der Waals surface area contributed by atoms with Crippen molar-refractivity contribution >= 4 is 5.69 Å². The normalized spacial score (nSPS) is 11.8. The molecule has 3 aromatic rings. The minimum atomic E-state index is 0.274. The lowest BCUT2D eigenvalue weighted by atomic mass is 9.98. The van der Waals surface area contributed by atoms with Gasteiger partial charge in [0.1, 0.15) is 0 Å². The second-order valence-corrected chi connectivity index (χ2v) is 5.16. The summed E-state index contributed by atoms with van der Waals surface area (Å²) in [5, 5.41) is 3.64. The standard InChI is InChI=1S/C20H19N/c1-4-10-17(11-5-1)16-20(18-12-6-2-7-13-18)21-19-14-8-3-9-15-19/h1-15,20-21H,16H2. The fourth-order valence-electron chi connectivity index (χ4n) is 2.52. The molecule has 1 N–H and O–H groups in total. The minimum Gasteiger partial charge on any atom is -0.378 e. The van der Waals surface area contributed by atoms with Crippen LogP contribution >= 0.6 is 0 Å². The van der Waals surface area contributed by atoms with Crippen molar-refractivity contribution in [2.75, 3.05) is 5.32 Å². The van der Waals surface area contributed by atoms with Gasteiger partial charge in [0, 0.05) is 5.69 Å². The van der Waals surface area contributed by atoms with E-state index in [0.717, 1.165) is 12.1 Å². The van der Waals surface area contributed by atoms with Crippen LogP contribution in [0.1, 0.15) is 17.2 Å². The smallest absolute Gasteiger partial charge is 0.0554 e. The topological polar surface area (TPSA) is 12.0 Å². The van der Waals surface area contributed by atoms with Gasteiger partial charge in [-0.2, -0.15) is 0 Å². The highest BCUT2D eigenvalue weighted by Crippen LogP contribution is 2.23. The molecule has 1 nitrogen and oxygen atoms in total. The van der Waals surface area contributed by atoms with E-state index in [9.17, 15) is 0 Å². The predicted octanol–water partition coefficient (Wildman–Crippen LogP) is 5.08. The van der Waals surface area contributed by atoms with Crippen molar-refractivity contribution in [3.8, 4) is 0 Å². The molecule has 0 aliphatic rings. The van der Waals surface area contributed by atoms with Gasteiger partial charge in [-0.05, 0) is 29.7 Å². The summed E-state index contributed by atoms with van der Waals surface area (Å²) in [6.45, 7) is 0. The molecule has 0 aliphatic heterocycles. The summed E-state index contributed by atoms with van der Waals surface area (Å²) in [4.78, 5) is 0. The molecule has 0 amide bonds. The van der Waals surface area contributed by atoms with Crippen LogP contribution in [0.15, 0.2) is 91.0 Å². The van der Waals surface area contributed by atoms with Crippen molar-refractivity contribution in [1.82, 2.24) is 0 Å². The Morgan fingerprint density at radius 2 is 1.14 bits per heavy atom. The quantitative estimate of drug-likeness (QED) is 0.683. The summed E-state index contributed by atoms with van der Waals surface area (Å²) in [5.41, 5.74) is 3.81. The van der Waals surface area contributed by atoms with Crippen LogP contribution in [-0.4, -0.2) is 0 Å². The molecule has 0 saturated carbocycles. The van der Waals surface area contributed by atoms with Crippen molar-refractivity contribution in [2.45, 2.75) is 12.5 Å². The highest BCUT2D eigenvalue weighted by molar-refractivity contribution is 5.45. The monoisotopic (exact) mass is 273 g/mol. The highest BCUT2D eigenvalue weighted by Gasteiger charge is 2.11. The summed E-state index contributed by atoms with van der Waals surface area (Å²) < 4.78 is 0. The van der Waals surface area contributed by atoms with Gasteiger partial charge in [0.05, 0.1) is 6.04 Å². The Labute approximate surface area is 126 Å². The summed E-state index contributed by atoms with van der Waals surface area (Å²) in [5.74, 6) is 0. The molecule has 1 heteroatoms. The zero-order valence-corrected chi connectivity index (χ0v) is 11.9. The third kappa shape index (κ3) is 3.73. The van der Waals surface area contributed by atoms with E-state index in [4.69, 9.17) is 0 Å². The Hall–Kier alpha value is -2.54. The number of rotatable bonds is 5. The van der Waals surface area contributed by atoms with E-state index < -0.39 is 0 Å². The molecule has 21 heavy (non-hydrogen) atoms. The van der Waals surface area contributed by atoms with Gasteiger partial charge in [-0.3, -0.25) is 0 Å². The lowest BCUT2D eigenvalue weighted by Crippen LogP contribution is -2.13. The molecule has 0 aromatic heterocycles. The third-order valence-electron chi connectivity index (χ3n) is 3.60. The van der Waals surface area contributed by atoms with Crippen LogP contribution in [0.4, 0.5) is 5.69 Å². The zero-order valence-electron chi connectivity index (χ0n) is 11.9. The summed E-state index contributed by atoms with van der Waals surface area (Å²) >= 11 is 0. The van der Waals surface area contributed by atoms with Crippen LogP contribution in [0.2, 0.25) is 0 Å². The largest absolute Gasteiger partial charge is 0.378 e. The SMILES string of the molecule is c1ccc(CC(Nc2ccccc2)c2ccccc2)cc1. The van der Waals surface area contributed by atoms with Gasteiger partial charge in [0.15, 0.2) is 0 Å². The Bertz CT molecular complexity index is 606. The average Bonchev–Trinajstić information content (AvgIpc) is 2.57. The molecule has 3 rings (SSSR count). The number of hydrogen-bond acceptors (Lipinski definition) is 1. The van der Waals surface area contributed by atoms with Gasteiger partial charge in [-0.25, -0.2) is 0 Å².